The van der Waals surface area contributed by atoms with Gasteiger partial charge in [0.1, 0.15) is 0 Å². The van der Waals surface area contributed by atoms with E-state index in [4.69, 9.17) is 0 Å². The fourth-order valence-corrected chi connectivity index (χ4v) is 2.62. The summed E-state index contributed by atoms with van der Waals surface area (Å²) in [4.78, 5) is 4.91. The fourth-order valence-electron chi connectivity index (χ4n) is 2.62. The molecule has 1 heterocycles. The van der Waals surface area contributed by atoms with Gasteiger partial charge >= 0.3 is 0 Å². The molecule has 0 radical (unpaired) electrons. The molecule has 0 aromatic rings. The molecule has 0 saturated carbocycles. The second-order valence-electron chi connectivity index (χ2n) is 5.12. The molecule has 0 spiro atoms. The third kappa shape index (κ3) is 4.40. The van der Waals surface area contributed by atoms with Gasteiger partial charge in [0.15, 0.2) is 0 Å². The van der Waals surface area contributed by atoms with Crippen molar-refractivity contribution in [3.05, 3.63) is 0 Å². The average Bonchev–Trinajstić information content (AvgIpc) is 2.41. The first-order valence-electron chi connectivity index (χ1n) is 6.78. The highest BCUT2D eigenvalue weighted by molar-refractivity contribution is 4.79. The Morgan fingerprint density at radius 3 is 2.69 bits per heavy atom. The van der Waals surface area contributed by atoms with Gasteiger partial charge in [0.05, 0.1) is 6.10 Å². The number of aliphatic hydroxyl groups is 1. The monoisotopic (exact) mass is 228 g/mol. The minimum atomic E-state index is -0.137. The first kappa shape index (κ1) is 13.9. The first-order chi connectivity index (χ1) is 7.67. The van der Waals surface area contributed by atoms with E-state index < -0.39 is 0 Å². The van der Waals surface area contributed by atoms with Gasteiger partial charge in [0.2, 0.25) is 0 Å². The predicted octanol–water partition coefficient (Wildman–Crippen LogP) is 1.56. The number of hydrogen-bond acceptors (Lipinski definition) is 3. The number of aliphatic hydroxyl groups excluding tert-OH is 1. The van der Waals surface area contributed by atoms with Crippen molar-refractivity contribution in [1.29, 1.82) is 0 Å². The van der Waals surface area contributed by atoms with E-state index >= 15 is 0 Å². The van der Waals surface area contributed by atoms with Gasteiger partial charge in [0, 0.05) is 19.1 Å². The van der Waals surface area contributed by atoms with Crippen molar-refractivity contribution < 1.29 is 5.11 Å². The highest BCUT2D eigenvalue weighted by Crippen LogP contribution is 2.13. The molecular weight excluding hydrogens is 200 g/mol. The third-order valence-corrected chi connectivity index (χ3v) is 3.56. The van der Waals surface area contributed by atoms with Crippen molar-refractivity contribution in [3.8, 4) is 0 Å². The van der Waals surface area contributed by atoms with Crippen molar-refractivity contribution >= 4 is 0 Å². The second kappa shape index (κ2) is 7.25. The molecule has 1 aliphatic heterocycles. The highest BCUT2D eigenvalue weighted by atomic mass is 16.3. The van der Waals surface area contributed by atoms with Crippen molar-refractivity contribution in [3.63, 3.8) is 0 Å². The number of likely N-dealkylation sites (N-methyl/N-ethyl adjacent to an activating group) is 1. The topological polar surface area (TPSA) is 26.7 Å². The normalized spacial score (nSPS) is 26.6. The van der Waals surface area contributed by atoms with Crippen LogP contribution in [0.3, 0.4) is 0 Å². The molecule has 1 N–H and O–H groups in total. The molecule has 96 valence electrons. The van der Waals surface area contributed by atoms with Crippen LogP contribution in [0.1, 0.15) is 39.5 Å². The van der Waals surface area contributed by atoms with Gasteiger partial charge in [0.25, 0.3) is 0 Å². The third-order valence-electron chi connectivity index (χ3n) is 3.56. The maximum absolute atomic E-state index is 9.92. The Labute approximate surface area is 100 Å². The predicted molar refractivity (Wildman–Crippen MR) is 68.7 cm³/mol. The van der Waals surface area contributed by atoms with Crippen LogP contribution in [0.15, 0.2) is 0 Å². The lowest BCUT2D eigenvalue weighted by molar-refractivity contribution is 0.0795. The standard InChI is InChI=1S/C13H28N2O/c1-4-7-13(16)11-15-9-6-8-14(3)10-12(15)5-2/h12-13,16H,4-11H2,1-3H3. The number of rotatable bonds is 5. The van der Waals surface area contributed by atoms with Crippen LogP contribution in [-0.2, 0) is 0 Å². The summed E-state index contributed by atoms with van der Waals surface area (Å²) in [6.07, 6.45) is 4.28. The summed E-state index contributed by atoms with van der Waals surface area (Å²) in [6, 6.07) is 0.624. The molecule has 3 heteroatoms. The van der Waals surface area contributed by atoms with E-state index in [0.717, 1.165) is 32.5 Å². The van der Waals surface area contributed by atoms with Crippen molar-refractivity contribution in [2.75, 3.05) is 33.2 Å². The van der Waals surface area contributed by atoms with Gasteiger partial charge in [-0.25, -0.2) is 0 Å². The summed E-state index contributed by atoms with van der Waals surface area (Å²) in [5.74, 6) is 0. The molecule has 1 fully saturated rings. The van der Waals surface area contributed by atoms with Crippen LogP contribution in [0.2, 0.25) is 0 Å². The average molecular weight is 228 g/mol. The highest BCUT2D eigenvalue weighted by Gasteiger charge is 2.23. The maximum Gasteiger partial charge on any atom is 0.0667 e. The fraction of sp³-hybridized carbons (Fsp3) is 1.00. The number of nitrogens with zero attached hydrogens (tertiary/aromatic N) is 2. The number of β-amino-alcohol motifs (C(OH)–C–C–N with tert-alkyl or cyclic N) is 1. The van der Waals surface area contributed by atoms with Gasteiger partial charge < -0.3 is 10.0 Å². The summed E-state index contributed by atoms with van der Waals surface area (Å²) in [6.45, 7) is 8.73. The molecule has 1 saturated heterocycles. The molecule has 16 heavy (non-hydrogen) atoms. The van der Waals surface area contributed by atoms with Gasteiger partial charge in [-0.2, -0.15) is 0 Å². The Morgan fingerprint density at radius 1 is 1.31 bits per heavy atom. The summed E-state index contributed by atoms with van der Waals surface area (Å²) in [7, 11) is 2.20. The Morgan fingerprint density at radius 2 is 2.06 bits per heavy atom. The minimum absolute atomic E-state index is 0.137. The summed E-state index contributed by atoms with van der Waals surface area (Å²) < 4.78 is 0. The van der Waals surface area contributed by atoms with Crippen molar-refractivity contribution in [1.82, 2.24) is 9.80 Å². The van der Waals surface area contributed by atoms with E-state index in [1.54, 1.807) is 0 Å². The summed E-state index contributed by atoms with van der Waals surface area (Å²) in [5.41, 5.74) is 0. The van der Waals surface area contributed by atoms with Crippen LogP contribution in [0, 0.1) is 0 Å². The molecule has 0 aromatic carbocycles. The SMILES string of the molecule is CCCC(O)CN1CCCN(C)CC1CC. The second-order valence-corrected chi connectivity index (χ2v) is 5.12. The Bertz CT molecular complexity index is 187. The van der Waals surface area contributed by atoms with E-state index in [-0.39, 0.29) is 6.10 Å². The van der Waals surface area contributed by atoms with Crippen molar-refractivity contribution in [2.45, 2.75) is 51.7 Å². The largest absolute Gasteiger partial charge is 0.392 e. The smallest absolute Gasteiger partial charge is 0.0667 e. The Balaban J connectivity index is 2.47. The van der Waals surface area contributed by atoms with Crippen LogP contribution < -0.4 is 0 Å². The molecule has 1 aliphatic rings. The van der Waals surface area contributed by atoms with Crippen LogP contribution in [-0.4, -0.2) is 60.3 Å². The molecule has 2 atom stereocenters. The van der Waals surface area contributed by atoms with E-state index in [9.17, 15) is 5.11 Å². The van der Waals surface area contributed by atoms with Crippen LogP contribution >= 0.6 is 0 Å². The van der Waals surface area contributed by atoms with Crippen LogP contribution in [0.25, 0.3) is 0 Å². The van der Waals surface area contributed by atoms with E-state index in [2.05, 4.69) is 30.7 Å². The zero-order valence-corrected chi connectivity index (χ0v) is 11.2. The molecule has 3 nitrogen and oxygen atoms in total. The van der Waals surface area contributed by atoms with E-state index in [1.807, 2.05) is 0 Å². The molecule has 0 aliphatic carbocycles. The molecule has 2 unspecified atom stereocenters. The van der Waals surface area contributed by atoms with Crippen LogP contribution in [0.5, 0.6) is 0 Å². The van der Waals surface area contributed by atoms with Gasteiger partial charge in [-0.3, -0.25) is 4.90 Å². The molecule has 0 aromatic heterocycles. The van der Waals surface area contributed by atoms with Crippen LogP contribution in [0.4, 0.5) is 0 Å². The zero-order valence-electron chi connectivity index (χ0n) is 11.2. The first-order valence-corrected chi connectivity index (χ1v) is 6.78. The Hall–Kier alpha value is -0.120. The quantitative estimate of drug-likeness (QED) is 0.773. The van der Waals surface area contributed by atoms with E-state index in [1.165, 1.54) is 19.4 Å². The van der Waals surface area contributed by atoms with Gasteiger partial charge in [-0.15, -0.1) is 0 Å². The molecular formula is C13H28N2O. The molecule has 0 amide bonds. The van der Waals surface area contributed by atoms with Gasteiger partial charge in [-0.05, 0) is 39.4 Å². The summed E-state index contributed by atoms with van der Waals surface area (Å²) in [5, 5.41) is 9.92. The number of hydrogen-bond donors (Lipinski definition) is 1. The molecule has 0 bridgehead atoms. The van der Waals surface area contributed by atoms with E-state index in [0.29, 0.717) is 6.04 Å². The minimum Gasteiger partial charge on any atom is -0.392 e. The summed E-state index contributed by atoms with van der Waals surface area (Å²) >= 11 is 0. The maximum atomic E-state index is 9.92. The molecule has 1 rings (SSSR count). The van der Waals surface area contributed by atoms with Gasteiger partial charge in [-0.1, -0.05) is 20.3 Å². The lowest BCUT2D eigenvalue weighted by Gasteiger charge is -2.31. The lowest BCUT2D eigenvalue weighted by Crippen LogP contribution is -2.43. The lowest BCUT2D eigenvalue weighted by atomic mass is 10.1. The zero-order chi connectivity index (χ0) is 12.0. The Kier molecular flexibility index (Phi) is 6.32. The van der Waals surface area contributed by atoms with Crippen molar-refractivity contribution in [2.24, 2.45) is 0 Å².